The van der Waals surface area contributed by atoms with Crippen LogP contribution in [0.2, 0.25) is 0 Å². The van der Waals surface area contributed by atoms with Gasteiger partial charge in [0.15, 0.2) is 9.84 Å². The molecule has 0 bridgehead atoms. The lowest BCUT2D eigenvalue weighted by atomic mass is 9.63. The number of sulfone groups is 1. The first-order chi connectivity index (χ1) is 11.7. The van der Waals surface area contributed by atoms with Crippen molar-refractivity contribution in [1.29, 1.82) is 0 Å². The highest BCUT2D eigenvalue weighted by molar-refractivity contribution is 7.90. The summed E-state index contributed by atoms with van der Waals surface area (Å²) >= 11 is 0. The van der Waals surface area contributed by atoms with E-state index in [0.717, 1.165) is 50.8 Å². The monoisotopic (exact) mass is 364 g/mol. The number of rotatable bonds is 4. The maximum Gasteiger partial charge on any atom is 0.233 e. The lowest BCUT2D eigenvalue weighted by Crippen LogP contribution is -2.56. The number of nitrogens with zero attached hydrogens (tertiary/aromatic N) is 2. The van der Waals surface area contributed by atoms with Gasteiger partial charge in [0.25, 0.3) is 0 Å². The molecule has 6 heteroatoms. The Bertz CT molecular complexity index is 736. The lowest BCUT2D eigenvalue weighted by molar-refractivity contribution is -0.143. The third-order valence-corrected chi connectivity index (χ3v) is 6.99. The van der Waals surface area contributed by atoms with Crippen LogP contribution >= 0.6 is 0 Å². The van der Waals surface area contributed by atoms with Gasteiger partial charge in [-0.25, -0.2) is 8.42 Å². The standard InChI is InChI=1S/C19H28N2O3S/c1-20(2)16-6-4-13-21(14-16)18(22)19(11-5-12-19)15-7-9-17(10-8-15)25(3,23)24/h7-10,16H,4-6,11-14H2,1-3H3/t16-/m1/s1. The quantitative estimate of drug-likeness (QED) is 0.821. The van der Waals surface area contributed by atoms with E-state index in [0.29, 0.717) is 10.9 Å². The van der Waals surface area contributed by atoms with E-state index in [4.69, 9.17) is 0 Å². The first-order valence-electron chi connectivity index (χ1n) is 9.00. The van der Waals surface area contributed by atoms with E-state index in [-0.39, 0.29) is 5.91 Å². The molecular weight excluding hydrogens is 336 g/mol. The van der Waals surface area contributed by atoms with Crippen LogP contribution in [-0.2, 0) is 20.0 Å². The summed E-state index contributed by atoms with van der Waals surface area (Å²) in [7, 11) is 0.930. The zero-order valence-electron chi connectivity index (χ0n) is 15.4. The normalized spacial score (nSPS) is 23.4. The van der Waals surface area contributed by atoms with E-state index in [2.05, 4.69) is 19.0 Å². The van der Waals surface area contributed by atoms with Crippen molar-refractivity contribution in [2.24, 2.45) is 0 Å². The van der Waals surface area contributed by atoms with Crippen LogP contribution in [0.4, 0.5) is 0 Å². The van der Waals surface area contributed by atoms with Crippen molar-refractivity contribution >= 4 is 15.7 Å². The maximum atomic E-state index is 13.3. The molecule has 1 atom stereocenters. The topological polar surface area (TPSA) is 57.7 Å². The Hall–Kier alpha value is -1.40. The van der Waals surface area contributed by atoms with Gasteiger partial charge in [-0.2, -0.15) is 0 Å². The Morgan fingerprint density at radius 1 is 1.16 bits per heavy atom. The molecule has 1 aromatic rings. The van der Waals surface area contributed by atoms with Crippen LogP contribution in [0.3, 0.4) is 0 Å². The van der Waals surface area contributed by atoms with Gasteiger partial charge in [0.05, 0.1) is 10.3 Å². The smallest absolute Gasteiger partial charge is 0.233 e. The van der Waals surface area contributed by atoms with Crippen molar-refractivity contribution in [3.05, 3.63) is 29.8 Å². The summed E-state index contributed by atoms with van der Waals surface area (Å²) < 4.78 is 23.4. The van der Waals surface area contributed by atoms with Gasteiger partial charge >= 0.3 is 0 Å². The van der Waals surface area contributed by atoms with E-state index >= 15 is 0 Å². The third-order valence-electron chi connectivity index (χ3n) is 5.87. The molecule has 1 heterocycles. The van der Waals surface area contributed by atoms with Gasteiger partial charge in [-0.1, -0.05) is 18.6 Å². The fourth-order valence-electron chi connectivity index (χ4n) is 4.04. The van der Waals surface area contributed by atoms with E-state index in [9.17, 15) is 13.2 Å². The summed E-state index contributed by atoms with van der Waals surface area (Å²) in [6, 6.07) is 7.36. The van der Waals surface area contributed by atoms with Crippen molar-refractivity contribution < 1.29 is 13.2 Å². The fourth-order valence-corrected chi connectivity index (χ4v) is 4.67. The number of likely N-dealkylation sites (N-methyl/N-ethyl adjacent to an activating group) is 1. The molecular formula is C19H28N2O3S. The molecule has 0 unspecified atom stereocenters. The van der Waals surface area contributed by atoms with Crippen LogP contribution in [0.25, 0.3) is 0 Å². The molecule has 0 N–H and O–H groups in total. The Labute approximate surface area is 150 Å². The minimum absolute atomic E-state index is 0.220. The summed E-state index contributed by atoms with van der Waals surface area (Å²) in [5.74, 6) is 0.220. The number of amides is 1. The molecule has 1 saturated carbocycles. The number of likely N-dealkylation sites (tertiary alicyclic amines) is 1. The highest BCUT2D eigenvalue weighted by Gasteiger charge is 2.48. The van der Waals surface area contributed by atoms with Gasteiger partial charge in [0, 0.05) is 25.4 Å². The highest BCUT2D eigenvalue weighted by atomic mass is 32.2. The molecule has 0 radical (unpaired) electrons. The molecule has 0 aromatic heterocycles. The molecule has 3 rings (SSSR count). The Morgan fingerprint density at radius 3 is 2.28 bits per heavy atom. The largest absolute Gasteiger partial charge is 0.340 e. The lowest BCUT2D eigenvalue weighted by Gasteiger charge is -2.46. The van der Waals surface area contributed by atoms with Crippen LogP contribution in [0, 0.1) is 0 Å². The van der Waals surface area contributed by atoms with Crippen molar-refractivity contribution in [3.8, 4) is 0 Å². The summed E-state index contributed by atoms with van der Waals surface area (Å²) in [5, 5.41) is 0. The van der Waals surface area contributed by atoms with Crippen molar-refractivity contribution in [1.82, 2.24) is 9.80 Å². The molecule has 0 spiro atoms. The average molecular weight is 365 g/mol. The number of piperidine rings is 1. The summed E-state index contributed by atoms with van der Waals surface area (Å²) in [5.41, 5.74) is 0.507. The Balaban J connectivity index is 1.84. The van der Waals surface area contributed by atoms with Crippen molar-refractivity contribution in [2.45, 2.75) is 48.5 Å². The van der Waals surface area contributed by atoms with E-state index in [1.807, 2.05) is 17.0 Å². The van der Waals surface area contributed by atoms with Crippen molar-refractivity contribution in [3.63, 3.8) is 0 Å². The number of carbonyl (C=O) groups excluding carboxylic acids is 1. The molecule has 1 aliphatic carbocycles. The SMILES string of the molecule is CN(C)[C@@H]1CCCN(C(=O)C2(c3ccc(S(C)(=O)=O)cc3)CCC2)C1. The van der Waals surface area contributed by atoms with Gasteiger partial charge in [-0.15, -0.1) is 0 Å². The first kappa shape index (κ1) is 18.4. The predicted octanol–water partition coefficient (Wildman–Crippen LogP) is 2.06. The molecule has 2 fully saturated rings. The average Bonchev–Trinajstić information content (AvgIpc) is 2.53. The van der Waals surface area contributed by atoms with Crippen LogP contribution in [0.15, 0.2) is 29.2 Å². The third kappa shape index (κ3) is 3.47. The maximum absolute atomic E-state index is 13.3. The van der Waals surface area contributed by atoms with E-state index in [1.165, 1.54) is 6.26 Å². The first-order valence-corrected chi connectivity index (χ1v) is 10.9. The predicted molar refractivity (Wildman–Crippen MR) is 98.4 cm³/mol. The molecule has 1 aromatic carbocycles. The second-order valence-electron chi connectivity index (χ2n) is 7.74. The molecule has 1 amide bonds. The second-order valence-corrected chi connectivity index (χ2v) is 9.76. The van der Waals surface area contributed by atoms with Crippen LogP contribution in [0.5, 0.6) is 0 Å². The zero-order valence-corrected chi connectivity index (χ0v) is 16.2. The Kier molecular flexibility index (Phi) is 4.95. The number of hydrogen-bond acceptors (Lipinski definition) is 4. The summed E-state index contributed by atoms with van der Waals surface area (Å²) in [6.07, 6.45) is 6.14. The molecule has 138 valence electrons. The van der Waals surface area contributed by atoms with E-state index < -0.39 is 15.3 Å². The molecule has 1 aliphatic heterocycles. The van der Waals surface area contributed by atoms with Gasteiger partial charge < -0.3 is 9.80 Å². The van der Waals surface area contributed by atoms with Gasteiger partial charge in [0.2, 0.25) is 5.91 Å². The summed E-state index contributed by atoms with van der Waals surface area (Å²) in [6.45, 7) is 1.61. The molecule has 1 saturated heterocycles. The number of benzene rings is 1. The van der Waals surface area contributed by atoms with E-state index in [1.54, 1.807) is 12.1 Å². The fraction of sp³-hybridized carbons (Fsp3) is 0.632. The second kappa shape index (κ2) is 6.72. The van der Waals surface area contributed by atoms with Crippen LogP contribution in [-0.4, -0.2) is 63.6 Å². The van der Waals surface area contributed by atoms with Gasteiger partial charge in [-0.05, 0) is 57.5 Å². The van der Waals surface area contributed by atoms with Gasteiger partial charge in [0.1, 0.15) is 0 Å². The molecule has 5 nitrogen and oxygen atoms in total. The number of carbonyl (C=O) groups is 1. The molecule has 25 heavy (non-hydrogen) atoms. The Morgan fingerprint density at radius 2 is 1.80 bits per heavy atom. The van der Waals surface area contributed by atoms with Crippen LogP contribution in [0.1, 0.15) is 37.7 Å². The minimum atomic E-state index is -3.21. The molecule has 2 aliphatic rings. The zero-order chi connectivity index (χ0) is 18.2. The van der Waals surface area contributed by atoms with Crippen LogP contribution < -0.4 is 0 Å². The highest BCUT2D eigenvalue weighted by Crippen LogP contribution is 2.45. The number of hydrogen-bond donors (Lipinski definition) is 0. The minimum Gasteiger partial charge on any atom is -0.340 e. The summed E-state index contributed by atoms with van der Waals surface area (Å²) in [4.78, 5) is 17.9. The van der Waals surface area contributed by atoms with Gasteiger partial charge in [-0.3, -0.25) is 4.79 Å². The van der Waals surface area contributed by atoms with Crippen molar-refractivity contribution in [2.75, 3.05) is 33.4 Å².